The molecule has 7 heteroatoms. The van der Waals surface area contributed by atoms with Gasteiger partial charge in [0, 0.05) is 12.2 Å². The maximum atomic E-state index is 10.5. The highest BCUT2D eigenvalue weighted by molar-refractivity contribution is 5.48. The predicted octanol–water partition coefficient (Wildman–Crippen LogP) is 3.81. The average molecular weight is 458 g/mol. The molecule has 1 aromatic heterocycles. The number of aliphatic hydroxyl groups excluding tert-OH is 1. The lowest BCUT2D eigenvalue weighted by Crippen LogP contribution is -2.31. The molecular formula is C26H39N3O4. The molecule has 2 rings (SSSR count). The van der Waals surface area contributed by atoms with Gasteiger partial charge in [-0.1, -0.05) is 46.0 Å². The van der Waals surface area contributed by atoms with Crippen molar-refractivity contribution in [3.8, 4) is 17.5 Å². The van der Waals surface area contributed by atoms with E-state index in [1.165, 1.54) is 6.33 Å². The van der Waals surface area contributed by atoms with Crippen LogP contribution in [0.5, 0.6) is 0 Å². The van der Waals surface area contributed by atoms with Gasteiger partial charge in [-0.25, -0.2) is 9.67 Å². The molecule has 1 aromatic carbocycles. The topological polar surface area (TPSA) is 78.6 Å². The van der Waals surface area contributed by atoms with E-state index in [0.29, 0.717) is 45.9 Å². The monoisotopic (exact) mass is 457 g/mol. The molecule has 0 aliphatic rings. The van der Waals surface area contributed by atoms with Crippen LogP contribution in [0.3, 0.4) is 0 Å². The van der Waals surface area contributed by atoms with E-state index in [9.17, 15) is 5.11 Å². The molecule has 0 spiro atoms. The number of unbranched alkanes of at least 4 members (excludes halogenated alkanes) is 1. The molecule has 0 radical (unpaired) electrons. The van der Waals surface area contributed by atoms with Crippen LogP contribution in [0.15, 0.2) is 30.9 Å². The number of nitrogens with zero attached hydrogens (tertiary/aromatic N) is 3. The predicted molar refractivity (Wildman–Crippen MR) is 129 cm³/mol. The number of hydrogen-bond acceptors (Lipinski definition) is 6. The molecule has 33 heavy (non-hydrogen) atoms. The van der Waals surface area contributed by atoms with Crippen molar-refractivity contribution in [2.45, 2.75) is 59.5 Å². The first-order valence-electron chi connectivity index (χ1n) is 11.9. The summed E-state index contributed by atoms with van der Waals surface area (Å²) in [5, 5.41) is 14.7. The second-order valence-corrected chi connectivity index (χ2v) is 8.71. The van der Waals surface area contributed by atoms with Gasteiger partial charge in [0.2, 0.25) is 0 Å². The van der Waals surface area contributed by atoms with Gasteiger partial charge in [0.25, 0.3) is 0 Å². The van der Waals surface area contributed by atoms with Crippen molar-refractivity contribution in [3.05, 3.63) is 42.0 Å². The van der Waals surface area contributed by atoms with Crippen LogP contribution < -0.4 is 0 Å². The van der Waals surface area contributed by atoms with E-state index >= 15 is 0 Å². The second kappa shape index (κ2) is 14.8. The van der Waals surface area contributed by atoms with E-state index < -0.39 is 6.10 Å². The van der Waals surface area contributed by atoms with Crippen LogP contribution >= 0.6 is 0 Å². The van der Waals surface area contributed by atoms with Crippen molar-refractivity contribution in [1.29, 1.82) is 0 Å². The van der Waals surface area contributed by atoms with Crippen LogP contribution in [0.2, 0.25) is 0 Å². The maximum absolute atomic E-state index is 10.5. The van der Waals surface area contributed by atoms with Gasteiger partial charge in [0.05, 0.1) is 38.2 Å². The summed E-state index contributed by atoms with van der Waals surface area (Å²) in [7, 11) is 0. The minimum atomic E-state index is -0.394. The zero-order chi connectivity index (χ0) is 23.9. The number of rotatable bonds is 15. The number of benzene rings is 1. The van der Waals surface area contributed by atoms with E-state index in [4.69, 9.17) is 14.2 Å². The van der Waals surface area contributed by atoms with Crippen LogP contribution in [0.4, 0.5) is 0 Å². The normalized spacial score (nSPS) is 12.4. The van der Waals surface area contributed by atoms with Crippen molar-refractivity contribution < 1.29 is 19.3 Å². The van der Waals surface area contributed by atoms with E-state index in [2.05, 4.69) is 48.8 Å². The summed E-state index contributed by atoms with van der Waals surface area (Å²) in [5.74, 6) is 6.24. The summed E-state index contributed by atoms with van der Waals surface area (Å²) in [6.07, 6.45) is 6.44. The maximum Gasteiger partial charge on any atom is 0.138 e. The largest absolute Gasteiger partial charge is 0.393 e. The van der Waals surface area contributed by atoms with Crippen LogP contribution in [-0.4, -0.2) is 65.6 Å². The Morgan fingerprint density at radius 3 is 2.45 bits per heavy atom. The number of hydrogen-bond donors (Lipinski definition) is 1. The Kier molecular flexibility index (Phi) is 12.1. The lowest BCUT2D eigenvalue weighted by atomic mass is 9.79. The molecule has 0 amide bonds. The minimum absolute atomic E-state index is 0.277. The molecule has 0 saturated heterocycles. The molecular weight excluding hydrogens is 418 g/mol. The average Bonchev–Trinajstić information content (AvgIpc) is 3.33. The highest BCUT2D eigenvalue weighted by Crippen LogP contribution is 2.30. The molecule has 7 nitrogen and oxygen atoms in total. The van der Waals surface area contributed by atoms with Gasteiger partial charge in [0.15, 0.2) is 0 Å². The zero-order valence-electron chi connectivity index (χ0n) is 20.5. The van der Waals surface area contributed by atoms with Gasteiger partial charge < -0.3 is 19.3 Å². The fourth-order valence-electron chi connectivity index (χ4n) is 3.47. The van der Waals surface area contributed by atoms with Crippen molar-refractivity contribution in [2.75, 3.05) is 39.6 Å². The number of aromatic nitrogens is 3. The summed E-state index contributed by atoms with van der Waals surface area (Å²) in [5.41, 5.74) is 2.64. The van der Waals surface area contributed by atoms with E-state index in [0.717, 1.165) is 36.3 Å². The van der Waals surface area contributed by atoms with E-state index in [1.807, 2.05) is 19.1 Å². The van der Waals surface area contributed by atoms with Gasteiger partial charge in [0.1, 0.15) is 19.3 Å². The summed E-state index contributed by atoms with van der Waals surface area (Å²) in [6, 6.07) is 6.04. The fraction of sp³-hybridized carbons (Fsp3) is 0.615. The molecule has 0 aliphatic heterocycles. The molecule has 1 unspecified atom stereocenters. The molecule has 1 N–H and O–H groups in total. The Labute approximate surface area is 198 Å². The standard InChI is InChI=1S/C26H39N3O4/c1-5-7-12-31-14-16-33-17-15-32-13-8-9-22-10-11-24(29-21-27-20-28-29)23(18-22)19-26(3,4)25(30)6-2/h10-11,18,20-21,25,30H,5-7,12-17,19H2,1-4H3. The molecule has 0 fully saturated rings. The Morgan fingerprint density at radius 2 is 1.79 bits per heavy atom. The summed E-state index contributed by atoms with van der Waals surface area (Å²) in [4.78, 5) is 4.06. The number of aliphatic hydroxyl groups is 1. The molecule has 1 atom stereocenters. The van der Waals surface area contributed by atoms with Crippen molar-refractivity contribution in [2.24, 2.45) is 5.41 Å². The van der Waals surface area contributed by atoms with E-state index in [1.54, 1.807) is 11.0 Å². The van der Waals surface area contributed by atoms with Crippen LogP contribution in [-0.2, 0) is 20.6 Å². The van der Waals surface area contributed by atoms with Crippen molar-refractivity contribution >= 4 is 0 Å². The Bertz CT molecular complexity index is 856. The van der Waals surface area contributed by atoms with Crippen LogP contribution in [0.25, 0.3) is 5.69 Å². The first kappa shape index (κ1) is 27.0. The van der Waals surface area contributed by atoms with Gasteiger partial charge >= 0.3 is 0 Å². The SMILES string of the molecule is CCCCOCCOCCOCC#Cc1ccc(-n2cncn2)c(CC(C)(C)C(O)CC)c1. The molecule has 0 saturated carbocycles. The Balaban J connectivity index is 1.88. The van der Waals surface area contributed by atoms with Gasteiger partial charge in [-0.15, -0.1) is 0 Å². The van der Waals surface area contributed by atoms with Crippen LogP contribution in [0, 0.1) is 17.3 Å². The van der Waals surface area contributed by atoms with Gasteiger partial charge in [-0.05, 0) is 48.4 Å². The molecule has 0 aliphatic carbocycles. The summed E-state index contributed by atoms with van der Waals surface area (Å²) < 4.78 is 18.2. The zero-order valence-corrected chi connectivity index (χ0v) is 20.5. The van der Waals surface area contributed by atoms with E-state index in [-0.39, 0.29) is 5.41 Å². The molecule has 182 valence electrons. The highest BCUT2D eigenvalue weighted by Gasteiger charge is 2.28. The third kappa shape index (κ3) is 9.65. The summed E-state index contributed by atoms with van der Waals surface area (Å²) in [6.45, 7) is 11.7. The lowest BCUT2D eigenvalue weighted by Gasteiger charge is -2.30. The fourth-order valence-corrected chi connectivity index (χ4v) is 3.47. The smallest absolute Gasteiger partial charge is 0.138 e. The van der Waals surface area contributed by atoms with Crippen molar-refractivity contribution in [1.82, 2.24) is 14.8 Å². The van der Waals surface area contributed by atoms with Crippen molar-refractivity contribution in [3.63, 3.8) is 0 Å². The molecule has 2 aromatic rings. The highest BCUT2D eigenvalue weighted by atomic mass is 16.5. The Hall–Kier alpha value is -2.24. The minimum Gasteiger partial charge on any atom is -0.393 e. The molecule has 1 heterocycles. The first-order chi connectivity index (χ1) is 16.0. The van der Waals surface area contributed by atoms with Gasteiger partial charge in [-0.3, -0.25) is 0 Å². The molecule has 0 bridgehead atoms. The number of ether oxygens (including phenoxy) is 3. The van der Waals surface area contributed by atoms with Gasteiger partial charge in [-0.2, -0.15) is 5.10 Å². The Morgan fingerprint density at radius 1 is 1.06 bits per heavy atom. The summed E-state index contributed by atoms with van der Waals surface area (Å²) >= 11 is 0. The quantitative estimate of drug-likeness (QED) is 0.324. The third-order valence-electron chi connectivity index (χ3n) is 5.47. The lowest BCUT2D eigenvalue weighted by molar-refractivity contribution is 0.0197. The van der Waals surface area contributed by atoms with Crippen LogP contribution in [0.1, 0.15) is 58.1 Å². The third-order valence-corrected chi connectivity index (χ3v) is 5.47. The second-order valence-electron chi connectivity index (χ2n) is 8.71. The first-order valence-corrected chi connectivity index (χ1v) is 11.9.